The van der Waals surface area contributed by atoms with Gasteiger partial charge >= 0.3 is 12.0 Å². The minimum atomic E-state index is -3.94. The lowest BCUT2D eigenvalue weighted by Gasteiger charge is -2.19. The zero-order valence-corrected chi connectivity index (χ0v) is 20.3. The van der Waals surface area contributed by atoms with Gasteiger partial charge < -0.3 is 10.1 Å². The number of anilines is 2. The molecule has 10 heteroatoms. The number of nitrogens with zero attached hydrogens (tertiary/aromatic N) is 1. The summed E-state index contributed by atoms with van der Waals surface area (Å²) in [6.07, 6.45) is 0. The highest BCUT2D eigenvalue weighted by Gasteiger charge is 2.23. The predicted octanol–water partition coefficient (Wildman–Crippen LogP) is 3.63. The van der Waals surface area contributed by atoms with E-state index in [1.165, 1.54) is 31.3 Å². The van der Waals surface area contributed by atoms with Crippen LogP contribution in [0.1, 0.15) is 21.5 Å². The first-order valence-corrected chi connectivity index (χ1v) is 12.0. The Balaban J connectivity index is 1.60. The fourth-order valence-corrected chi connectivity index (χ4v) is 4.38. The molecule has 0 aliphatic heterocycles. The Bertz CT molecular complexity index is 1360. The van der Waals surface area contributed by atoms with Crippen LogP contribution in [-0.2, 0) is 19.6 Å². The number of sulfonamides is 1. The summed E-state index contributed by atoms with van der Waals surface area (Å²) in [5, 5.41) is 4.65. The normalized spacial score (nSPS) is 10.8. The van der Waals surface area contributed by atoms with Gasteiger partial charge in [-0.3, -0.25) is 14.4 Å². The van der Waals surface area contributed by atoms with Crippen LogP contribution in [0.4, 0.5) is 16.2 Å². The number of amides is 3. The van der Waals surface area contributed by atoms with E-state index in [1.54, 1.807) is 42.5 Å². The van der Waals surface area contributed by atoms with Crippen molar-refractivity contribution in [2.24, 2.45) is 0 Å². The molecule has 0 spiro atoms. The van der Waals surface area contributed by atoms with Crippen LogP contribution < -0.4 is 14.9 Å². The number of esters is 1. The SMILES string of the molecule is Cc1cccc(NC(=O)NC(=O)COC(=O)c2cccc(S(=O)(=O)N(C)c3ccccc3)c2)c1C. The number of benzene rings is 3. The summed E-state index contributed by atoms with van der Waals surface area (Å²) in [6, 6.07) is 18.4. The lowest BCUT2D eigenvalue weighted by Crippen LogP contribution is -2.37. The van der Waals surface area contributed by atoms with E-state index < -0.39 is 34.5 Å². The van der Waals surface area contributed by atoms with Gasteiger partial charge in [0.25, 0.3) is 15.9 Å². The lowest BCUT2D eigenvalue weighted by atomic mass is 10.1. The van der Waals surface area contributed by atoms with Crippen LogP contribution in [-0.4, -0.2) is 40.0 Å². The fraction of sp³-hybridized carbons (Fsp3) is 0.160. The molecule has 3 aromatic rings. The third-order valence-corrected chi connectivity index (χ3v) is 7.07. The largest absolute Gasteiger partial charge is 0.452 e. The Morgan fingerprint density at radius 2 is 1.60 bits per heavy atom. The number of urea groups is 1. The maximum absolute atomic E-state index is 13.0. The van der Waals surface area contributed by atoms with Crippen molar-refractivity contribution in [2.45, 2.75) is 18.7 Å². The molecular formula is C25H25N3O6S. The minimum Gasteiger partial charge on any atom is -0.452 e. The van der Waals surface area contributed by atoms with Crippen molar-refractivity contribution in [1.82, 2.24) is 5.32 Å². The summed E-state index contributed by atoms with van der Waals surface area (Å²) in [4.78, 5) is 36.4. The van der Waals surface area contributed by atoms with E-state index in [2.05, 4.69) is 10.6 Å². The van der Waals surface area contributed by atoms with Crippen LogP contribution >= 0.6 is 0 Å². The van der Waals surface area contributed by atoms with Gasteiger partial charge in [0.05, 0.1) is 16.1 Å². The van der Waals surface area contributed by atoms with Crippen LogP contribution in [0.25, 0.3) is 0 Å². The monoisotopic (exact) mass is 495 g/mol. The number of aryl methyl sites for hydroxylation is 1. The van der Waals surface area contributed by atoms with Gasteiger partial charge in [0.1, 0.15) is 0 Å². The molecule has 0 unspecified atom stereocenters. The van der Waals surface area contributed by atoms with Crippen molar-refractivity contribution in [3.63, 3.8) is 0 Å². The molecule has 3 amide bonds. The van der Waals surface area contributed by atoms with Crippen molar-refractivity contribution >= 4 is 39.3 Å². The van der Waals surface area contributed by atoms with E-state index >= 15 is 0 Å². The van der Waals surface area contributed by atoms with Gasteiger partial charge in [0.2, 0.25) is 0 Å². The first-order valence-electron chi connectivity index (χ1n) is 10.6. The Hall–Kier alpha value is -4.18. The van der Waals surface area contributed by atoms with Crippen LogP contribution in [0.5, 0.6) is 0 Å². The average molecular weight is 496 g/mol. The molecule has 0 atom stereocenters. The van der Waals surface area contributed by atoms with Crippen molar-refractivity contribution in [3.05, 3.63) is 89.5 Å². The second-order valence-corrected chi connectivity index (χ2v) is 9.63. The number of nitrogens with one attached hydrogen (secondary N) is 2. The summed E-state index contributed by atoms with van der Waals surface area (Å²) in [5.41, 5.74) is 2.78. The summed E-state index contributed by atoms with van der Waals surface area (Å²) in [6.45, 7) is 3.00. The summed E-state index contributed by atoms with van der Waals surface area (Å²) >= 11 is 0. The van der Waals surface area contributed by atoms with E-state index in [4.69, 9.17) is 4.74 Å². The highest BCUT2D eigenvalue weighted by atomic mass is 32.2. The van der Waals surface area contributed by atoms with Gasteiger partial charge in [-0.15, -0.1) is 0 Å². The highest BCUT2D eigenvalue weighted by Crippen LogP contribution is 2.22. The molecule has 0 radical (unpaired) electrons. The zero-order chi connectivity index (χ0) is 25.6. The molecule has 0 bridgehead atoms. The molecule has 0 heterocycles. The number of imide groups is 1. The number of carbonyl (C=O) groups excluding carboxylic acids is 3. The van der Waals surface area contributed by atoms with E-state index in [0.717, 1.165) is 15.4 Å². The first-order chi connectivity index (χ1) is 16.6. The standard InChI is InChI=1S/C25H25N3O6S/c1-17-9-7-14-22(18(17)2)26-25(31)27-23(29)16-34-24(30)19-10-8-13-21(15-19)35(32,33)28(3)20-11-5-4-6-12-20/h4-15H,16H2,1-3H3,(H2,26,27,29,31). The van der Waals surface area contributed by atoms with E-state index in [0.29, 0.717) is 11.4 Å². The number of hydrogen-bond donors (Lipinski definition) is 2. The van der Waals surface area contributed by atoms with Crippen LogP contribution in [0, 0.1) is 13.8 Å². The number of ether oxygens (including phenoxy) is 1. The molecule has 182 valence electrons. The van der Waals surface area contributed by atoms with Gasteiger partial charge in [-0.1, -0.05) is 36.4 Å². The van der Waals surface area contributed by atoms with Gasteiger partial charge in [0, 0.05) is 12.7 Å². The zero-order valence-electron chi connectivity index (χ0n) is 19.4. The maximum Gasteiger partial charge on any atom is 0.338 e. The molecule has 0 aromatic heterocycles. The Morgan fingerprint density at radius 1 is 0.914 bits per heavy atom. The average Bonchev–Trinajstić information content (AvgIpc) is 2.85. The van der Waals surface area contributed by atoms with E-state index in [1.807, 2.05) is 19.9 Å². The topological polar surface area (TPSA) is 122 Å². The second-order valence-electron chi connectivity index (χ2n) is 7.66. The summed E-state index contributed by atoms with van der Waals surface area (Å²) in [5.74, 6) is -1.75. The maximum atomic E-state index is 13.0. The molecule has 0 saturated carbocycles. The fourth-order valence-electron chi connectivity index (χ4n) is 3.14. The van der Waals surface area contributed by atoms with Crippen molar-refractivity contribution in [2.75, 3.05) is 23.3 Å². The predicted molar refractivity (Wildman–Crippen MR) is 132 cm³/mol. The molecule has 0 fully saturated rings. The quantitative estimate of drug-likeness (QED) is 0.483. The number of carbonyl (C=O) groups is 3. The smallest absolute Gasteiger partial charge is 0.338 e. The molecule has 35 heavy (non-hydrogen) atoms. The Labute approximate surface area is 203 Å². The van der Waals surface area contributed by atoms with Crippen molar-refractivity contribution < 1.29 is 27.5 Å². The summed E-state index contributed by atoms with van der Waals surface area (Å²) < 4.78 is 32.0. The van der Waals surface area contributed by atoms with Gasteiger partial charge in [-0.05, 0) is 61.4 Å². The molecule has 3 aromatic carbocycles. The van der Waals surface area contributed by atoms with E-state index in [9.17, 15) is 22.8 Å². The van der Waals surface area contributed by atoms with Crippen LogP contribution in [0.3, 0.4) is 0 Å². The van der Waals surface area contributed by atoms with Crippen molar-refractivity contribution in [1.29, 1.82) is 0 Å². The molecule has 9 nitrogen and oxygen atoms in total. The number of rotatable bonds is 7. The van der Waals surface area contributed by atoms with Crippen LogP contribution in [0.2, 0.25) is 0 Å². The Kier molecular flexibility index (Phi) is 7.87. The molecular weight excluding hydrogens is 470 g/mol. The number of para-hydroxylation sites is 1. The molecule has 0 aliphatic carbocycles. The number of hydrogen-bond acceptors (Lipinski definition) is 6. The van der Waals surface area contributed by atoms with Crippen LogP contribution in [0.15, 0.2) is 77.7 Å². The lowest BCUT2D eigenvalue weighted by molar-refractivity contribution is -0.123. The first kappa shape index (κ1) is 25.4. The second kappa shape index (κ2) is 10.8. The third kappa shape index (κ3) is 6.24. The van der Waals surface area contributed by atoms with E-state index in [-0.39, 0.29) is 10.5 Å². The van der Waals surface area contributed by atoms with Gasteiger partial charge in [0.15, 0.2) is 6.61 Å². The van der Waals surface area contributed by atoms with Crippen molar-refractivity contribution in [3.8, 4) is 0 Å². The van der Waals surface area contributed by atoms with Gasteiger partial charge in [-0.2, -0.15) is 0 Å². The molecule has 2 N–H and O–H groups in total. The molecule has 3 rings (SSSR count). The Morgan fingerprint density at radius 3 is 2.31 bits per heavy atom. The molecule has 0 saturated heterocycles. The minimum absolute atomic E-state index is 0.0554. The highest BCUT2D eigenvalue weighted by molar-refractivity contribution is 7.92. The van der Waals surface area contributed by atoms with Gasteiger partial charge in [-0.25, -0.2) is 18.0 Å². The summed E-state index contributed by atoms with van der Waals surface area (Å²) in [7, 11) is -2.53. The third-order valence-electron chi connectivity index (χ3n) is 5.29. The molecule has 0 aliphatic rings.